The molecular weight excluding hydrogens is 354 g/mol. The Hall–Kier alpha value is -3.47. The lowest BCUT2D eigenvalue weighted by Crippen LogP contribution is -2.19. The van der Waals surface area contributed by atoms with Crippen molar-refractivity contribution in [3.63, 3.8) is 0 Å². The molecule has 3 aromatic rings. The smallest absolute Gasteiger partial charge is 0.243 e. The Morgan fingerprint density at radius 3 is 2.89 bits per heavy atom. The molecule has 11 heteroatoms. The molecule has 1 aliphatic heterocycles. The van der Waals surface area contributed by atoms with Crippen molar-refractivity contribution >= 4 is 5.91 Å². The molecule has 140 valence electrons. The van der Waals surface area contributed by atoms with E-state index in [2.05, 4.69) is 20.2 Å². The summed E-state index contributed by atoms with van der Waals surface area (Å²) in [6, 6.07) is 5.48. The minimum absolute atomic E-state index is 0.0712. The van der Waals surface area contributed by atoms with E-state index in [1.807, 2.05) is 18.2 Å². The molecule has 0 atom stereocenters. The van der Waals surface area contributed by atoms with Crippen LogP contribution in [0, 0.1) is 0 Å². The van der Waals surface area contributed by atoms with Crippen molar-refractivity contribution in [2.24, 2.45) is 5.73 Å². The number of aromatic nitrogens is 6. The van der Waals surface area contributed by atoms with Gasteiger partial charge in [-0.2, -0.15) is 5.10 Å². The van der Waals surface area contributed by atoms with Crippen LogP contribution >= 0.6 is 0 Å². The molecule has 11 nitrogen and oxygen atoms in total. The van der Waals surface area contributed by atoms with Gasteiger partial charge in [0.05, 0.1) is 5.69 Å². The Balaban J connectivity index is 1.64. The molecule has 0 spiro atoms. The van der Waals surface area contributed by atoms with Crippen molar-refractivity contribution in [3.8, 4) is 17.2 Å². The molecule has 2 aromatic heterocycles. The van der Waals surface area contributed by atoms with Gasteiger partial charge in [-0.3, -0.25) is 4.79 Å². The molecule has 27 heavy (non-hydrogen) atoms. The fraction of sp³-hybridized carbons (Fsp3) is 0.312. The summed E-state index contributed by atoms with van der Waals surface area (Å²) in [6.45, 7) is 1.22. The van der Waals surface area contributed by atoms with Gasteiger partial charge in [0.25, 0.3) is 0 Å². The topological polar surface area (TPSA) is 132 Å². The monoisotopic (exact) mass is 371 g/mol. The molecule has 4 rings (SSSR count). The highest BCUT2D eigenvalue weighted by atomic mass is 16.6. The number of fused-ring (bicyclic) bond motifs is 1. The molecule has 0 aliphatic carbocycles. The lowest BCUT2D eigenvalue weighted by molar-refractivity contribution is -0.122. The van der Waals surface area contributed by atoms with Crippen LogP contribution in [0.1, 0.15) is 11.6 Å². The predicted octanol–water partition coefficient (Wildman–Crippen LogP) is -0.320. The Labute approximate surface area is 153 Å². The highest BCUT2D eigenvalue weighted by molar-refractivity contribution is 5.74. The number of hydrogen-bond donors (Lipinski definition) is 1. The van der Waals surface area contributed by atoms with Crippen LogP contribution in [-0.4, -0.2) is 55.3 Å². The van der Waals surface area contributed by atoms with Crippen molar-refractivity contribution < 1.29 is 19.0 Å². The minimum Gasteiger partial charge on any atom is -0.486 e. The van der Waals surface area contributed by atoms with Crippen LogP contribution in [-0.2, 0) is 22.7 Å². The van der Waals surface area contributed by atoms with E-state index in [0.717, 1.165) is 5.69 Å². The Kier molecular flexibility index (Phi) is 4.66. The van der Waals surface area contributed by atoms with E-state index >= 15 is 0 Å². The molecular formula is C16H17N7O4. The number of primary amides is 1. The van der Waals surface area contributed by atoms with E-state index in [-0.39, 0.29) is 13.2 Å². The number of benzene rings is 1. The van der Waals surface area contributed by atoms with Gasteiger partial charge in [0.1, 0.15) is 45.6 Å². The molecule has 3 heterocycles. The average Bonchev–Trinajstić information content (AvgIpc) is 3.31. The van der Waals surface area contributed by atoms with Crippen molar-refractivity contribution in [3.05, 3.63) is 42.5 Å². The van der Waals surface area contributed by atoms with Gasteiger partial charge in [0.2, 0.25) is 5.91 Å². The first-order valence-electron chi connectivity index (χ1n) is 8.22. The summed E-state index contributed by atoms with van der Waals surface area (Å²) in [5.74, 6) is 1.80. The van der Waals surface area contributed by atoms with E-state index in [4.69, 9.17) is 19.9 Å². The fourth-order valence-electron chi connectivity index (χ4n) is 2.62. The number of carbonyl (C=O) groups is 1. The summed E-state index contributed by atoms with van der Waals surface area (Å²) in [6.07, 6.45) is 3.02. The maximum absolute atomic E-state index is 10.9. The third-order valence-electron chi connectivity index (χ3n) is 3.73. The van der Waals surface area contributed by atoms with Gasteiger partial charge in [-0.25, -0.2) is 19.3 Å². The van der Waals surface area contributed by atoms with Crippen molar-refractivity contribution in [1.82, 2.24) is 29.5 Å². The van der Waals surface area contributed by atoms with E-state index in [9.17, 15) is 4.79 Å². The molecule has 0 saturated heterocycles. The number of carbonyl (C=O) groups excluding carboxylic acids is 1. The SMILES string of the molecule is NC(=O)COCc1nc(Cn2cncn2)nn1-c1ccc2c(c1)OCCO2. The third-order valence-corrected chi connectivity index (χ3v) is 3.73. The van der Waals surface area contributed by atoms with Gasteiger partial charge in [0, 0.05) is 6.07 Å². The number of amides is 1. The molecule has 0 saturated carbocycles. The second-order valence-electron chi connectivity index (χ2n) is 5.74. The average molecular weight is 371 g/mol. The largest absolute Gasteiger partial charge is 0.486 e. The zero-order chi connectivity index (χ0) is 18.6. The van der Waals surface area contributed by atoms with Gasteiger partial charge < -0.3 is 19.9 Å². The molecule has 0 radical (unpaired) electrons. The van der Waals surface area contributed by atoms with Crippen LogP contribution in [0.15, 0.2) is 30.9 Å². The maximum Gasteiger partial charge on any atom is 0.243 e. The Morgan fingerprint density at radius 1 is 1.26 bits per heavy atom. The van der Waals surface area contributed by atoms with E-state index in [0.29, 0.717) is 42.9 Å². The first-order chi connectivity index (χ1) is 13.2. The van der Waals surface area contributed by atoms with Gasteiger partial charge in [-0.1, -0.05) is 0 Å². The number of hydrogen-bond acceptors (Lipinski definition) is 8. The highest BCUT2D eigenvalue weighted by Gasteiger charge is 2.17. The summed E-state index contributed by atoms with van der Waals surface area (Å²) in [7, 11) is 0. The van der Waals surface area contributed by atoms with Crippen LogP contribution in [0.3, 0.4) is 0 Å². The maximum atomic E-state index is 10.9. The summed E-state index contributed by atoms with van der Waals surface area (Å²) in [5, 5.41) is 8.58. The molecule has 0 fully saturated rings. The second kappa shape index (κ2) is 7.41. The number of nitrogens with two attached hydrogens (primary N) is 1. The molecule has 2 N–H and O–H groups in total. The van der Waals surface area contributed by atoms with Crippen LogP contribution in [0.4, 0.5) is 0 Å². The van der Waals surface area contributed by atoms with E-state index < -0.39 is 5.91 Å². The van der Waals surface area contributed by atoms with E-state index in [1.54, 1.807) is 15.7 Å². The number of ether oxygens (including phenoxy) is 3. The standard InChI is InChI=1S/C16H17N7O4/c17-14(24)7-25-8-16-20-15(6-22-10-18-9-19-22)21-23(16)11-1-2-12-13(5-11)27-4-3-26-12/h1-2,5,9-10H,3-4,6-8H2,(H2,17,24). The van der Waals surface area contributed by atoms with Gasteiger partial charge in [0.15, 0.2) is 23.1 Å². The summed E-state index contributed by atoms with van der Waals surface area (Å²) in [5.41, 5.74) is 5.85. The lowest BCUT2D eigenvalue weighted by atomic mass is 10.2. The quantitative estimate of drug-likeness (QED) is 0.598. The first-order valence-corrected chi connectivity index (χ1v) is 8.22. The predicted molar refractivity (Wildman–Crippen MR) is 90.3 cm³/mol. The number of rotatable bonds is 7. The van der Waals surface area contributed by atoms with Crippen LogP contribution < -0.4 is 15.2 Å². The fourth-order valence-corrected chi connectivity index (χ4v) is 2.62. The normalized spacial score (nSPS) is 12.9. The molecule has 1 aromatic carbocycles. The van der Waals surface area contributed by atoms with E-state index in [1.165, 1.54) is 6.33 Å². The van der Waals surface area contributed by atoms with Crippen LogP contribution in [0.5, 0.6) is 11.5 Å². The third kappa shape index (κ3) is 3.87. The van der Waals surface area contributed by atoms with Crippen LogP contribution in [0.25, 0.3) is 5.69 Å². The minimum atomic E-state index is -0.553. The van der Waals surface area contributed by atoms with Crippen molar-refractivity contribution in [2.75, 3.05) is 19.8 Å². The highest BCUT2D eigenvalue weighted by Crippen LogP contribution is 2.32. The molecule has 1 amide bonds. The molecule has 0 unspecified atom stereocenters. The Morgan fingerprint density at radius 2 is 2.11 bits per heavy atom. The summed E-state index contributed by atoms with van der Waals surface area (Å²) < 4.78 is 19.7. The van der Waals surface area contributed by atoms with Gasteiger partial charge >= 0.3 is 0 Å². The summed E-state index contributed by atoms with van der Waals surface area (Å²) in [4.78, 5) is 19.3. The lowest BCUT2D eigenvalue weighted by Gasteiger charge is -2.19. The van der Waals surface area contributed by atoms with Crippen LogP contribution in [0.2, 0.25) is 0 Å². The Bertz CT molecular complexity index is 938. The zero-order valence-electron chi connectivity index (χ0n) is 14.3. The second-order valence-corrected chi connectivity index (χ2v) is 5.74. The first kappa shape index (κ1) is 17.0. The van der Waals surface area contributed by atoms with Crippen molar-refractivity contribution in [1.29, 1.82) is 0 Å². The molecule has 1 aliphatic rings. The zero-order valence-corrected chi connectivity index (χ0v) is 14.3. The molecule has 0 bridgehead atoms. The van der Waals surface area contributed by atoms with Gasteiger partial charge in [-0.15, -0.1) is 5.10 Å². The number of nitrogens with zero attached hydrogens (tertiary/aromatic N) is 6. The van der Waals surface area contributed by atoms with Gasteiger partial charge in [-0.05, 0) is 12.1 Å². The summed E-state index contributed by atoms with van der Waals surface area (Å²) >= 11 is 0. The van der Waals surface area contributed by atoms with Crippen molar-refractivity contribution in [2.45, 2.75) is 13.2 Å².